The van der Waals surface area contributed by atoms with E-state index < -0.39 is 0 Å². The van der Waals surface area contributed by atoms with Gasteiger partial charge in [0.25, 0.3) is 5.91 Å². The number of ether oxygens (including phenoxy) is 2. The first-order valence-electron chi connectivity index (χ1n) is 14.5. The number of likely N-dealkylation sites (tertiary alicyclic amines) is 1. The molecule has 2 heterocycles. The molecule has 216 valence electrons. The lowest BCUT2D eigenvalue weighted by Gasteiger charge is -2.32. The van der Waals surface area contributed by atoms with Crippen LogP contribution in [-0.2, 0) is 9.53 Å². The van der Waals surface area contributed by atoms with Crippen molar-refractivity contribution in [2.45, 2.75) is 39.2 Å². The molecule has 0 bridgehead atoms. The Hall–Kier alpha value is -4.04. The Labute approximate surface area is 242 Å². The first-order chi connectivity index (χ1) is 19.8. The Kier molecular flexibility index (Phi) is 8.78. The predicted octanol–water partition coefficient (Wildman–Crippen LogP) is 5.96. The zero-order valence-electron chi connectivity index (χ0n) is 24.5. The van der Waals surface area contributed by atoms with Gasteiger partial charge in [-0.25, -0.2) is 4.79 Å². The van der Waals surface area contributed by atoms with Crippen molar-refractivity contribution in [1.29, 1.82) is 0 Å². The number of aryl methyl sites for hydroxylation is 1. The van der Waals surface area contributed by atoms with Crippen LogP contribution in [0.5, 0.6) is 5.75 Å². The van der Waals surface area contributed by atoms with E-state index in [1.54, 1.807) is 4.90 Å². The molecule has 5 rings (SSSR count). The number of carbonyl (C=O) groups is 2. The quantitative estimate of drug-likeness (QED) is 0.250. The van der Waals surface area contributed by atoms with E-state index in [1.165, 1.54) is 0 Å². The van der Waals surface area contributed by atoms with E-state index in [-0.39, 0.29) is 18.0 Å². The maximum absolute atomic E-state index is 13.1. The Bertz CT molecular complexity index is 1410. The Morgan fingerprint density at radius 3 is 2.66 bits per heavy atom. The van der Waals surface area contributed by atoms with Gasteiger partial charge in [0, 0.05) is 48.1 Å². The van der Waals surface area contributed by atoms with Crippen LogP contribution >= 0.6 is 0 Å². The predicted molar refractivity (Wildman–Crippen MR) is 165 cm³/mol. The fourth-order valence-corrected chi connectivity index (χ4v) is 5.67. The van der Waals surface area contributed by atoms with Crippen LogP contribution < -0.4 is 15.4 Å². The molecule has 1 fully saturated rings. The molecule has 8 nitrogen and oxygen atoms in total. The third kappa shape index (κ3) is 6.49. The number of nitrogens with one attached hydrogen (secondary N) is 2. The molecule has 1 aromatic carbocycles. The minimum absolute atomic E-state index is 0.104. The molecule has 4 aliphatic rings. The van der Waals surface area contributed by atoms with E-state index in [1.807, 2.05) is 49.4 Å². The van der Waals surface area contributed by atoms with Gasteiger partial charge in [0.05, 0.1) is 18.9 Å². The summed E-state index contributed by atoms with van der Waals surface area (Å²) in [5, 5.41) is 6.63. The van der Waals surface area contributed by atoms with Crippen molar-refractivity contribution in [2.24, 2.45) is 0 Å². The SMILES string of the molecule is CCOC(=O)N1CCC(Nc2ccc3c(c2)NC(=O)C3=Cc2cc(C)c3c(OCCCN(C)C)ccccc2-3)CC1. The van der Waals surface area contributed by atoms with E-state index in [4.69, 9.17) is 9.47 Å². The zero-order chi connectivity index (χ0) is 28.9. The van der Waals surface area contributed by atoms with Gasteiger partial charge in [-0.2, -0.15) is 0 Å². The first-order valence-corrected chi connectivity index (χ1v) is 14.5. The van der Waals surface area contributed by atoms with Crippen LogP contribution in [0.25, 0.3) is 22.8 Å². The maximum atomic E-state index is 13.1. The van der Waals surface area contributed by atoms with E-state index >= 15 is 0 Å². The number of rotatable bonds is 9. The van der Waals surface area contributed by atoms with Gasteiger partial charge >= 0.3 is 6.09 Å². The van der Waals surface area contributed by atoms with Gasteiger partial charge in [0.2, 0.25) is 0 Å². The molecule has 2 aliphatic heterocycles. The van der Waals surface area contributed by atoms with Crippen molar-refractivity contribution in [2.75, 3.05) is 57.6 Å². The highest BCUT2D eigenvalue weighted by Crippen LogP contribution is 2.42. The van der Waals surface area contributed by atoms with Crippen LogP contribution in [0.4, 0.5) is 16.2 Å². The normalized spacial score (nSPS) is 16.3. The maximum Gasteiger partial charge on any atom is 0.409 e. The Morgan fingerprint density at radius 2 is 1.90 bits per heavy atom. The molecule has 8 heteroatoms. The average Bonchev–Trinajstić information content (AvgIpc) is 3.32. The number of fused-ring (bicyclic) bond motifs is 2. The Balaban J connectivity index is 1.31. The third-order valence-corrected chi connectivity index (χ3v) is 7.72. The van der Waals surface area contributed by atoms with Crippen molar-refractivity contribution in [1.82, 2.24) is 9.80 Å². The fourth-order valence-electron chi connectivity index (χ4n) is 5.67. The summed E-state index contributed by atoms with van der Waals surface area (Å²) in [4.78, 5) is 29.0. The minimum Gasteiger partial charge on any atom is -0.493 e. The number of hydrogen-bond acceptors (Lipinski definition) is 6. The summed E-state index contributed by atoms with van der Waals surface area (Å²) in [6.07, 6.45) is 4.39. The third-order valence-electron chi connectivity index (χ3n) is 7.72. The molecule has 0 unspecified atom stereocenters. The van der Waals surface area contributed by atoms with Gasteiger partial charge in [-0.05, 0) is 88.2 Å². The first kappa shape index (κ1) is 28.5. The van der Waals surface area contributed by atoms with Gasteiger partial charge in [-0.1, -0.05) is 30.3 Å². The number of benzene rings is 1. The summed E-state index contributed by atoms with van der Waals surface area (Å²) in [5.41, 5.74) is 7.58. The molecule has 0 spiro atoms. The molecule has 1 aromatic rings. The largest absolute Gasteiger partial charge is 0.493 e. The number of carbonyl (C=O) groups excluding carboxylic acids is 2. The van der Waals surface area contributed by atoms with E-state index in [0.29, 0.717) is 31.9 Å². The smallest absolute Gasteiger partial charge is 0.409 e. The van der Waals surface area contributed by atoms with Crippen molar-refractivity contribution in [3.8, 4) is 16.9 Å². The number of anilines is 2. The lowest BCUT2D eigenvalue weighted by molar-refractivity contribution is -0.110. The lowest BCUT2D eigenvalue weighted by Crippen LogP contribution is -2.42. The molecular formula is C33H40N4O4. The number of hydrogen-bond donors (Lipinski definition) is 2. The fraction of sp³-hybridized carbons (Fsp3) is 0.394. The number of piperidine rings is 1. The highest BCUT2D eigenvalue weighted by atomic mass is 16.6. The van der Waals surface area contributed by atoms with Crippen LogP contribution in [0.3, 0.4) is 0 Å². The van der Waals surface area contributed by atoms with Crippen LogP contribution in [-0.4, -0.2) is 74.8 Å². The van der Waals surface area contributed by atoms with Crippen molar-refractivity contribution >= 4 is 35.0 Å². The molecular weight excluding hydrogens is 516 g/mol. The summed E-state index contributed by atoms with van der Waals surface area (Å²) < 4.78 is 11.3. The highest BCUT2D eigenvalue weighted by molar-refractivity contribution is 6.35. The molecule has 0 radical (unpaired) electrons. The molecule has 1 saturated heterocycles. The molecule has 0 saturated carbocycles. The molecule has 0 atom stereocenters. The summed E-state index contributed by atoms with van der Waals surface area (Å²) in [7, 11) is 4.13. The zero-order valence-corrected chi connectivity index (χ0v) is 24.5. The van der Waals surface area contributed by atoms with Crippen LogP contribution in [0, 0.1) is 6.92 Å². The monoisotopic (exact) mass is 556 g/mol. The van der Waals surface area contributed by atoms with Crippen molar-refractivity contribution in [3.63, 3.8) is 0 Å². The van der Waals surface area contributed by atoms with Crippen molar-refractivity contribution in [3.05, 3.63) is 65.2 Å². The van der Waals surface area contributed by atoms with Gasteiger partial charge in [-0.15, -0.1) is 0 Å². The average molecular weight is 557 g/mol. The number of nitrogens with zero attached hydrogens (tertiary/aromatic N) is 2. The summed E-state index contributed by atoms with van der Waals surface area (Å²) in [6, 6.07) is 16.6. The van der Waals surface area contributed by atoms with Gasteiger partial charge in [0.1, 0.15) is 5.75 Å². The van der Waals surface area contributed by atoms with E-state index in [9.17, 15) is 9.59 Å². The molecule has 41 heavy (non-hydrogen) atoms. The topological polar surface area (TPSA) is 83.1 Å². The standard InChI is InChI=1S/C33H40N4O4/c1-5-40-33(39)37-16-13-24(14-17-37)34-25-11-12-27-28(32(38)35-29(27)21-25)20-23-19-22(2)31-26(23)9-6-7-10-30(31)41-18-8-15-36(3)4/h6-7,9-12,19-21,24,34H,5,8,13-18H2,1-4H3,(H,35,38). The lowest BCUT2D eigenvalue weighted by atomic mass is 10.0. The summed E-state index contributed by atoms with van der Waals surface area (Å²) in [6.45, 7) is 7.26. The second-order valence-electron chi connectivity index (χ2n) is 11.0. The molecule has 2 N–H and O–H groups in total. The minimum atomic E-state index is -0.240. The second kappa shape index (κ2) is 12.6. The van der Waals surface area contributed by atoms with Crippen LogP contribution in [0.2, 0.25) is 0 Å². The second-order valence-corrected chi connectivity index (χ2v) is 11.0. The molecule has 2 amide bonds. The van der Waals surface area contributed by atoms with E-state index in [0.717, 1.165) is 70.7 Å². The van der Waals surface area contributed by atoms with Gasteiger partial charge in [-0.3, -0.25) is 4.79 Å². The van der Waals surface area contributed by atoms with Crippen molar-refractivity contribution < 1.29 is 19.1 Å². The van der Waals surface area contributed by atoms with Crippen LogP contribution in [0.15, 0.2) is 48.5 Å². The van der Waals surface area contributed by atoms with E-state index in [2.05, 4.69) is 48.7 Å². The summed E-state index contributed by atoms with van der Waals surface area (Å²) in [5.74, 6) is 0.762. The highest BCUT2D eigenvalue weighted by Gasteiger charge is 2.27. The number of amides is 2. The van der Waals surface area contributed by atoms with Gasteiger partial charge in [0.15, 0.2) is 0 Å². The summed E-state index contributed by atoms with van der Waals surface area (Å²) >= 11 is 0. The molecule has 2 aliphatic carbocycles. The van der Waals surface area contributed by atoms with Crippen LogP contribution in [0.1, 0.15) is 42.9 Å². The molecule has 0 aromatic heterocycles. The Morgan fingerprint density at radius 1 is 1.12 bits per heavy atom. The van der Waals surface area contributed by atoms with Gasteiger partial charge < -0.3 is 29.9 Å².